The van der Waals surface area contributed by atoms with Gasteiger partial charge in [0, 0.05) is 10.2 Å². The zero-order valence-corrected chi connectivity index (χ0v) is 12.8. The summed E-state index contributed by atoms with van der Waals surface area (Å²) in [6.07, 6.45) is 0.109. The third-order valence-corrected chi connectivity index (χ3v) is 3.33. The van der Waals surface area contributed by atoms with Gasteiger partial charge >= 0.3 is 0 Å². The molecule has 3 nitrogen and oxygen atoms in total. The van der Waals surface area contributed by atoms with Crippen LogP contribution in [0.5, 0.6) is 5.75 Å². The van der Waals surface area contributed by atoms with Gasteiger partial charge in [0.2, 0.25) is 0 Å². The highest BCUT2D eigenvalue weighted by Crippen LogP contribution is 2.16. The number of amides is 1. The van der Waals surface area contributed by atoms with Gasteiger partial charge in [0.1, 0.15) is 5.75 Å². The summed E-state index contributed by atoms with van der Waals surface area (Å²) in [6, 6.07) is 16.8. The van der Waals surface area contributed by atoms with E-state index in [9.17, 15) is 4.79 Å². The number of anilines is 1. The Labute approximate surface area is 127 Å². The minimum atomic E-state index is -0.499. The second-order valence-corrected chi connectivity index (χ2v) is 5.24. The molecule has 0 fully saturated rings. The third-order valence-electron chi connectivity index (χ3n) is 2.80. The van der Waals surface area contributed by atoms with Gasteiger partial charge in [0.15, 0.2) is 6.10 Å². The quantitative estimate of drug-likeness (QED) is 0.888. The van der Waals surface area contributed by atoms with Gasteiger partial charge in [-0.25, -0.2) is 0 Å². The van der Waals surface area contributed by atoms with Crippen molar-refractivity contribution in [2.45, 2.75) is 19.4 Å². The fourth-order valence-corrected chi connectivity index (χ4v) is 2.01. The van der Waals surface area contributed by atoms with E-state index in [4.69, 9.17) is 4.74 Å². The van der Waals surface area contributed by atoms with Gasteiger partial charge in [-0.2, -0.15) is 0 Å². The molecule has 0 spiro atoms. The molecule has 0 unspecified atom stereocenters. The van der Waals surface area contributed by atoms with Crippen LogP contribution in [0.25, 0.3) is 0 Å². The highest BCUT2D eigenvalue weighted by atomic mass is 79.9. The Bertz CT molecular complexity index is 554. The van der Waals surface area contributed by atoms with Crippen molar-refractivity contribution in [2.75, 3.05) is 5.32 Å². The maximum absolute atomic E-state index is 12.2. The van der Waals surface area contributed by atoms with E-state index in [1.54, 1.807) is 0 Å². The van der Waals surface area contributed by atoms with E-state index in [0.29, 0.717) is 12.2 Å². The van der Waals surface area contributed by atoms with E-state index in [2.05, 4.69) is 21.2 Å². The van der Waals surface area contributed by atoms with Gasteiger partial charge in [0.05, 0.1) is 0 Å². The van der Waals surface area contributed by atoms with E-state index < -0.39 is 6.10 Å². The Morgan fingerprint density at radius 2 is 1.80 bits per heavy atom. The summed E-state index contributed by atoms with van der Waals surface area (Å²) in [4.78, 5) is 12.2. The Kier molecular flexibility index (Phi) is 5.18. The number of hydrogen-bond acceptors (Lipinski definition) is 2. The van der Waals surface area contributed by atoms with Crippen molar-refractivity contribution in [3.63, 3.8) is 0 Å². The summed E-state index contributed by atoms with van der Waals surface area (Å²) in [7, 11) is 0. The molecule has 2 aromatic carbocycles. The maximum atomic E-state index is 12.2. The van der Waals surface area contributed by atoms with Crippen molar-refractivity contribution in [1.29, 1.82) is 0 Å². The topological polar surface area (TPSA) is 38.3 Å². The van der Waals surface area contributed by atoms with Crippen LogP contribution >= 0.6 is 15.9 Å². The molecule has 1 atom stereocenters. The van der Waals surface area contributed by atoms with Crippen molar-refractivity contribution in [3.8, 4) is 5.75 Å². The molecule has 0 heterocycles. The molecule has 0 saturated heterocycles. The van der Waals surface area contributed by atoms with Crippen LogP contribution < -0.4 is 10.1 Å². The highest BCUT2D eigenvalue weighted by molar-refractivity contribution is 9.10. The zero-order valence-electron chi connectivity index (χ0n) is 11.2. The van der Waals surface area contributed by atoms with Crippen LogP contribution in [0.15, 0.2) is 59.1 Å². The summed E-state index contributed by atoms with van der Waals surface area (Å²) in [5.41, 5.74) is 0.758. The molecule has 0 aliphatic carbocycles. The van der Waals surface area contributed by atoms with Crippen LogP contribution in [0.2, 0.25) is 0 Å². The van der Waals surface area contributed by atoms with Crippen LogP contribution in [0.3, 0.4) is 0 Å². The molecule has 0 aliphatic rings. The lowest BCUT2D eigenvalue weighted by atomic mass is 10.2. The molecule has 2 aromatic rings. The van der Waals surface area contributed by atoms with Gasteiger partial charge in [-0.15, -0.1) is 0 Å². The van der Waals surface area contributed by atoms with Crippen LogP contribution in [-0.4, -0.2) is 12.0 Å². The molecule has 4 heteroatoms. The molecule has 1 N–H and O–H groups in total. The van der Waals surface area contributed by atoms with Crippen molar-refractivity contribution in [2.24, 2.45) is 0 Å². The first-order chi connectivity index (χ1) is 9.69. The van der Waals surface area contributed by atoms with Crippen molar-refractivity contribution >= 4 is 27.5 Å². The Hall–Kier alpha value is -1.81. The highest BCUT2D eigenvalue weighted by Gasteiger charge is 2.18. The van der Waals surface area contributed by atoms with Crippen LogP contribution in [0, 0.1) is 0 Å². The summed E-state index contributed by atoms with van der Waals surface area (Å²) in [5, 5.41) is 2.86. The average molecular weight is 334 g/mol. The number of rotatable bonds is 5. The number of nitrogens with one attached hydrogen (secondary N) is 1. The number of halogens is 1. The Morgan fingerprint density at radius 3 is 2.40 bits per heavy atom. The number of benzene rings is 2. The molecule has 20 heavy (non-hydrogen) atoms. The minimum Gasteiger partial charge on any atom is -0.481 e. The molecule has 104 valence electrons. The third kappa shape index (κ3) is 4.10. The lowest BCUT2D eigenvalue weighted by Gasteiger charge is -2.17. The largest absolute Gasteiger partial charge is 0.481 e. The van der Waals surface area contributed by atoms with Crippen molar-refractivity contribution in [3.05, 3.63) is 59.1 Å². The van der Waals surface area contributed by atoms with E-state index in [0.717, 1.165) is 10.2 Å². The molecule has 0 radical (unpaired) electrons. The smallest absolute Gasteiger partial charge is 0.265 e. The summed E-state index contributed by atoms with van der Waals surface area (Å²) < 4.78 is 6.68. The molecular formula is C16H16BrNO2. The van der Waals surface area contributed by atoms with Gasteiger partial charge in [-0.1, -0.05) is 41.1 Å². The molecule has 0 saturated carbocycles. The Morgan fingerprint density at radius 1 is 1.15 bits per heavy atom. The molecule has 0 aliphatic heterocycles. The molecule has 1 amide bonds. The normalized spacial score (nSPS) is 11.7. The monoisotopic (exact) mass is 333 g/mol. The fraction of sp³-hybridized carbons (Fsp3) is 0.188. The molecule has 2 rings (SSSR count). The van der Waals surface area contributed by atoms with Crippen molar-refractivity contribution in [1.82, 2.24) is 0 Å². The van der Waals surface area contributed by atoms with Gasteiger partial charge in [-0.05, 0) is 42.8 Å². The molecule has 0 aromatic heterocycles. The number of hydrogen-bond donors (Lipinski definition) is 1. The zero-order chi connectivity index (χ0) is 14.4. The van der Waals surface area contributed by atoms with Crippen LogP contribution in [-0.2, 0) is 4.79 Å². The number of carbonyl (C=O) groups is 1. The van der Waals surface area contributed by atoms with E-state index in [1.165, 1.54) is 0 Å². The molecule has 0 bridgehead atoms. The SMILES string of the molecule is CC[C@@H](Oc1ccccc1)C(=O)Nc1ccc(Br)cc1. The van der Waals surface area contributed by atoms with Gasteiger partial charge in [0.25, 0.3) is 5.91 Å². The van der Waals surface area contributed by atoms with Crippen molar-refractivity contribution < 1.29 is 9.53 Å². The van der Waals surface area contributed by atoms with Crippen LogP contribution in [0.4, 0.5) is 5.69 Å². The first-order valence-corrected chi connectivity index (χ1v) is 7.26. The predicted molar refractivity (Wildman–Crippen MR) is 83.9 cm³/mol. The second kappa shape index (κ2) is 7.10. The van der Waals surface area contributed by atoms with Crippen LogP contribution in [0.1, 0.15) is 13.3 Å². The number of ether oxygens (including phenoxy) is 1. The maximum Gasteiger partial charge on any atom is 0.265 e. The van der Waals surface area contributed by atoms with E-state index in [-0.39, 0.29) is 5.91 Å². The summed E-state index contributed by atoms with van der Waals surface area (Å²) in [5.74, 6) is 0.559. The first-order valence-electron chi connectivity index (χ1n) is 6.47. The predicted octanol–water partition coefficient (Wildman–Crippen LogP) is 4.25. The first kappa shape index (κ1) is 14.6. The summed E-state index contributed by atoms with van der Waals surface area (Å²) in [6.45, 7) is 1.93. The van der Waals surface area contributed by atoms with Gasteiger partial charge < -0.3 is 10.1 Å². The lowest BCUT2D eigenvalue weighted by Crippen LogP contribution is -2.32. The van der Waals surface area contributed by atoms with E-state index in [1.807, 2.05) is 61.5 Å². The second-order valence-electron chi connectivity index (χ2n) is 4.32. The van der Waals surface area contributed by atoms with E-state index >= 15 is 0 Å². The number of para-hydroxylation sites is 1. The number of carbonyl (C=O) groups excluding carboxylic acids is 1. The lowest BCUT2D eigenvalue weighted by molar-refractivity contribution is -0.122. The molecular weight excluding hydrogens is 318 g/mol. The van der Waals surface area contributed by atoms with Gasteiger partial charge in [-0.3, -0.25) is 4.79 Å². The fourth-order valence-electron chi connectivity index (χ4n) is 1.74. The minimum absolute atomic E-state index is 0.140. The Balaban J connectivity index is 2.00. The summed E-state index contributed by atoms with van der Waals surface area (Å²) >= 11 is 3.36. The average Bonchev–Trinajstić information content (AvgIpc) is 2.48. The standard InChI is InChI=1S/C16H16BrNO2/c1-2-15(20-14-6-4-3-5-7-14)16(19)18-13-10-8-12(17)9-11-13/h3-11,15H,2H2,1H3,(H,18,19)/t15-/m1/s1.